The topological polar surface area (TPSA) is 92.0 Å². The number of halogens is 3. The summed E-state index contributed by atoms with van der Waals surface area (Å²) in [6, 6.07) is 9.24. The summed E-state index contributed by atoms with van der Waals surface area (Å²) < 4.78 is 55.7. The number of anilines is 2. The molecule has 0 aromatic heterocycles. The van der Waals surface area contributed by atoms with Crippen molar-refractivity contribution in [3.8, 4) is 23.0 Å². The highest BCUT2D eigenvalue weighted by atomic mass is 19.4. The van der Waals surface area contributed by atoms with E-state index in [9.17, 15) is 18.0 Å². The molecule has 2 aromatic rings. The Labute approximate surface area is 160 Å². The molecule has 0 saturated carbocycles. The standard InChI is InChI=1S/C10H10F3NO3.C8H11NO2/c1-16-7-3-6(4-8(5-7)17-2)14-9(15)10(11,12)13;1-10-7-3-6(9)4-8(5-7)11-2/h3-5H,1-2H3,(H,14,15);3-5H,9H2,1-2H3. The van der Waals surface area contributed by atoms with Gasteiger partial charge < -0.3 is 30.0 Å². The zero-order valence-electron chi connectivity index (χ0n) is 15.7. The second kappa shape index (κ2) is 10.1. The Morgan fingerprint density at radius 2 is 1.14 bits per heavy atom. The molecule has 2 rings (SSSR count). The van der Waals surface area contributed by atoms with Crippen LogP contribution >= 0.6 is 0 Å². The minimum Gasteiger partial charge on any atom is -0.497 e. The lowest BCUT2D eigenvalue weighted by molar-refractivity contribution is -0.167. The normalized spacial score (nSPS) is 10.2. The summed E-state index contributed by atoms with van der Waals surface area (Å²) in [6.45, 7) is 0. The Kier molecular flexibility index (Phi) is 8.24. The quantitative estimate of drug-likeness (QED) is 0.744. The first-order valence-corrected chi connectivity index (χ1v) is 7.72. The Morgan fingerprint density at radius 1 is 0.786 bits per heavy atom. The number of amides is 1. The van der Waals surface area contributed by atoms with Crippen molar-refractivity contribution in [3.63, 3.8) is 0 Å². The van der Waals surface area contributed by atoms with Crippen LogP contribution in [0.15, 0.2) is 36.4 Å². The average molecular weight is 402 g/mol. The predicted octanol–water partition coefficient (Wildman–Crippen LogP) is 3.49. The molecule has 154 valence electrons. The number of benzene rings is 2. The number of nitrogens with one attached hydrogen (secondary N) is 1. The van der Waals surface area contributed by atoms with E-state index >= 15 is 0 Å². The Balaban J connectivity index is 0.000000307. The van der Waals surface area contributed by atoms with Crippen molar-refractivity contribution < 1.29 is 36.9 Å². The van der Waals surface area contributed by atoms with Gasteiger partial charge in [-0.2, -0.15) is 13.2 Å². The minimum absolute atomic E-state index is 0.0523. The van der Waals surface area contributed by atoms with E-state index in [1.165, 1.54) is 32.4 Å². The lowest BCUT2D eigenvalue weighted by Gasteiger charge is -2.11. The molecule has 0 aliphatic carbocycles. The van der Waals surface area contributed by atoms with E-state index in [0.29, 0.717) is 17.2 Å². The first kappa shape index (κ1) is 22.7. The SMILES string of the molecule is COc1cc(N)cc(OC)c1.COc1cc(NC(=O)C(F)(F)F)cc(OC)c1. The van der Waals surface area contributed by atoms with Crippen LogP contribution in [0.25, 0.3) is 0 Å². The number of methoxy groups -OCH3 is 4. The molecular formula is C18H21F3N2O5. The summed E-state index contributed by atoms with van der Waals surface area (Å²) in [6.07, 6.45) is -4.93. The number of nitrogens with two attached hydrogens (primary N) is 1. The van der Waals surface area contributed by atoms with Crippen LogP contribution < -0.4 is 30.0 Å². The van der Waals surface area contributed by atoms with Gasteiger partial charge in [0.25, 0.3) is 0 Å². The van der Waals surface area contributed by atoms with Crippen molar-refractivity contribution in [1.82, 2.24) is 0 Å². The van der Waals surface area contributed by atoms with Gasteiger partial charge in [0, 0.05) is 47.8 Å². The van der Waals surface area contributed by atoms with E-state index in [1.807, 2.05) is 0 Å². The van der Waals surface area contributed by atoms with Gasteiger partial charge in [0.2, 0.25) is 0 Å². The third kappa shape index (κ3) is 7.14. The third-order valence-electron chi connectivity index (χ3n) is 3.24. The Hall–Kier alpha value is -3.30. The van der Waals surface area contributed by atoms with Gasteiger partial charge in [-0.25, -0.2) is 0 Å². The van der Waals surface area contributed by atoms with Gasteiger partial charge in [0.15, 0.2) is 0 Å². The molecule has 0 fully saturated rings. The maximum Gasteiger partial charge on any atom is 0.471 e. The average Bonchev–Trinajstić information content (AvgIpc) is 2.66. The molecule has 0 bridgehead atoms. The number of hydrogen-bond acceptors (Lipinski definition) is 6. The Bertz CT molecular complexity index is 753. The fourth-order valence-electron chi connectivity index (χ4n) is 1.91. The minimum atomic E-state index is -4.93. The molecule has 0 radical (unpaired) electrons. The lowest BCUT2D eigenvalue weighted by atomic mass is 10.2. The monoisotopic (exact) mass is 402 g/mol. The van der Waals surface area contributed by atoms with Gasteiger partial charge >= 0.3 is 12.1 Å². The number of nitrogen functional groups attached to an aromatic ring is 1. The fourth-order valence-corrected chi connectivity index (χ4v) is 1.91. The maximum atomic E-state index is 12.0. The van der Waals surface area contributed by atoms with E-state index in [4.69, 9.17) is 24.7 Å². The summed E-state index contributed by atoms with van der Waals surface area (Å²) >= 11 is 0. The highest BCUT2D eigenvalue weighted by Crippen LogP contribution is 2.27. The summed E-state index contributed by atoms with van der Waals surface area (Å²) in [7, 11) is 5.89. The van der Waals surface area contributed by atoms with Crippen molar-refractivity contribution in [2.75, 3.05) is 39.5 Å². The summed E-state index contributed by atoms with van der Waals surface area (Å²) in [5.74, 6) is -0.0693. The van der Waals surface area contributed by atoms with Crippen LogP contribution in [0.3, 0.4) is 0 Å². The molecule has 1 amide bonds. The first-order chi connectivity index (χ1) is 13.1. The predicted molar refractivity (Wildman–Crippen MR) is 98.2 cm³/mol. The maximum absolute atomic E-state index is 12.0. The number of rotatable bonds is 5. The molecule has 10 heteroatoms. The van der Waals surface area contributed by atoms with E-state index in [0.717, 1.165) is 0 Å². The van der Waals surface area contributed by atoms with Gasteiger partial charge in [0.05, 0.1) is 28.4 Å². The van der Waals surface area contributed by atoms with Crippen molar-refractivity contribution in [3.05, 3.63) is 36.4 Å². The summed E-state index contributed by atoms with van der Waals surface area (Å²) in [4.78, 5) is 10.7. The van der Waals surface area contributed by atoms with Crippen molar-refractivity contribution in [1.29, 1.82) is 0 Å². The van der Waals surface area contributed by atoms with E-state index in [-0.39, 0.29) is 17.2 Å². The molecule has 0 aliphatic rings. The van der Waals surface area contributed by atoms with Crippen LogP contribution in [-0.2, 0) is 4.79 Å². The van der Waals surface area contributed by atoms with Gasteiger partial charge in [-0.15, -0.1) is 0 Å². The third-order valence-corrected chi connectivity index (χ3v) is 3.24. The molecule has 0 atom stereocenters. The lowest BCUT2D eigenvalue weighted by Crippen LogP contribution is -2.29. The fraction of sp³-hybridized carbons (Fsp3) is 0.278. The van der Waals surface area contributed by atoms with Crippen LogP contribution in [0.5, 0.6) is 23.0 Å². The van der Waals surface area contributed by atoms with E-state index in [1.54, 1.807) is 37.7 Å². The van der Waals surface area contributed by atoms with Crippen LogP contribution in [-0.4, -0.2) is 40.5 Å². The largest absolute Gasteiger partial charge is 0.497 e. The van der Waals surface area contributed by atoms with Gasteiger partial charge in [-0.05, 0) is 0 Å². The molecule has 0 saturated heterocycles. The van der Waals surface area contributed by atoms with Gasteiger partial charge in [-0.3, -0.25) is 4.79 Å². The zero-order valence-corrected chi connectivity index (χ0v) is 15.7. The zero-order chi connectivity index (χ0) is 21.3. The highest BCUT2D eigenvalue weighted by molar-refractivity contribution is 5.95. The smallest absolute Gasteiger partial charge is 0.471 e. The van der Waals surface area contributed by atoms with Crippen LogP contribution in [0.4, 0.5) is 24.5 Å². The molecule has 7 nitrogen and oxygen atoms in total. The van der Waals surface area contributed by atoms with Crippen LogP contribution in [0, 0.1) is 0 Å². The van der Waals surface area contributed by atoms with E-state index in [2.05, 4.69) is 0 Å². The molecule has 3 N–H and O–H groups in total. The number of carbonyl (C=O) groups excluding carboxylic acids is 1. The summed E-state index contributed by atoms with van der Waals surface area (Å²) in [5, 5.41) is 1.71. The van der Waals surface area contributed by atoms with Crippen LogP contribution in [0.2, 0.25) is 0 Å². The van der Waals surface area contributed by atoms with E-state index < -0.39 is 12.1 Å². The van der Waals surface area contributed by atoms with Crippen LogP contribution in [0.1, 0.15) is 0 Å². The molecular weight excluding hydrogens is 381 g/mol. The molecule has 0 heterocycles. The van der Waals surface area contributed by atoms with Crippen molar-refractivity contribution in [2.45, 2.75) is 6.18 Å². The second-order valence-corrected chi connectivity index (χ2v) is 5.20. The first-order valence-electron chi connectivity index (χ1n) is 7.72. The molecule has 28 heavy (non-hydrogen) atoms. The van der Waals surface area contributed by atoms with Crippen molar-refractivity contribution in [2.24, 2.45) is 0 Å². The molecule has 0 aliphatic heterocycles. The number of ether oxygens (including phenoxy) is 4. The molecule has 0 spiro atoms. The molecule has 2 aromatic carbocycles. The number of alkyl halides is 3. The highest BCUT2D eigenvalue weighted by Gasteiger charge is 2.38. The summed E-state index contributed by atoms with van der Waals surface area (Å²) in [5.41, 5.74) is 6.14. The van der Waals surface area contributed by atoms with Gasteiger partial charge in [0.1, 0.15) is 23.0 Å². The number of carbonyl (C=O) groups is 1. The van der Waals surface area contributed by atoms with Crippen molar-refractivity contribution >= 4 is 17.3 Å². The molecule has 0 unspecified atom stereocenters. The Morgan fingerprint density at radius 3 is 1.46 bits per heavy atom. The second-order valence-electron chi connectivity index (χ2n) is 5.20. The van der Waals surface area contributed by atoms with Gasteiger partial charge in [-0.1, -0.05) is 0 Å². The number of hydrogen-bond donors (Lipinski definition) is 2.